The third-order valence-corrected chi connectivity index (χ3v) is 2.75. The Bertz CT molecular complexity index is 177. The Morgan fingerprint density at radius 2 is 2.27 bits per heavy atom. The SMILES string of the molecule is CC(C)CCOCCNC1C=CCCC1. The van der Waals surface area contributed by atoms with Crippen molar-refractivity contribution in [3.63, 3.8) is 0 Å². The first kappa shape index (κ1) is 12.7. The monoisotopic (exact) mass is 211 g/mol. The van der Waals surface area contributed by atoms with E-state index in [1.165, 1.54) is 25.7 Å². The van der Waals surface area contributed by atoms with Gasteiger partial charge >= 0.3 is 0 Å². The highest BCUT2D eigenvalue weighted by Crippen LogP contribution is 2.09. The number of nitrogens with one attached hydrogen (secondary N) is 1. The number of hydrogen-bond acceptors (Lipinski definition) is 2. The molecule has 88 valence electrons. The Morgan fingerprint density at radius 1 is 1.40 bits per heavy atom. The van der Waals surface area contributed by atoms with Crippen molar-refractivity contribution in [2.45, 2.75) is 45.6 Å². The lowest BCUT2D eigenvalue weighted by Gasteiger charge is -2.17. The average molecular weight is 211 g/mol. The number of hydrogen-bond donors (Lipinski definition) is 1. The fourth-order valence-electron chi connectivity index (χ4n) is 1.72. The van der Waals surface area contributed by atoms with E-state index >= 15 is 0 Å². The summed E-state index contributed by atoms with van der Waals surface area (Å²) >= 11 is 0. The molecule has 1 aliphatic carbocycles. The molecule has 0 aromatic heterocycles. The summed E-state index contributed by atoms with van der Waals surface area (Å²) in [6.45, 7) is 7.19. The molecule has 2 nitrogen and oxygen atoms in total. The molecule has 0 spiro atoms. The second-order valence-electron chi connectivity index (χ2n) is 4.71. The van der Waals surface area contributed by atoms with Crippen LogP contribution in [0.3, 0.4) is 0 Å². The molecule has 0 radical (unpaired) electrons. The Morgan fingerprint density at radius 3 is 2.93 bits per heavy atom. The topological polar surface area (TPSA) is 21.3 Å². The van der Waals surface area contributed by atoms with Crippen LogP contribution >= 0.6 is 0 Å². The minimum Gasteiger partial charge on any atom is -0.380 e. The van der Waals surface area contributed by atoms with Crippen molar-refractivity contribution >= 4 is 0 Å². The smallest absolute Gasteiger partial charge is 0.0591 e. The molecule has 1 rings (SSSR count). The third kappa shape index (κ3) is 6.69. The van der Waals surface area contributed by atoms with Gasteiger partial charge in [-0.1, -0.05) is 26.0 Å². The highest BCUT2D eigenvalue weighted by molar-refractivity contribution is 4.97. The zero-order chi connectivity index (χ0) is 10.9. The number of ether oxygens (including phenoxy) is 1. The molecule has 1 unspecified atom stereocenters. The highest BCUT2D eigenvalue weighted by Gasteiger charge is 2.06. The van der Waals surface area contributed by atoms with Gasteiger partial charge in [0.15, 0.2) is 0 Å². The lowest BCUT2D eigenvalue weighted by atomic mass is 10.0. The molecule has 0 saturated carbocycles. The third-order valence-electron chi connectivity index (χ3n) is 2.75. The van der Waals surface area contributed by atoms with Gasteiger partial charge in [0, 0.05) is 19.2 Å². The molecule has 0 saturated heterocycles. The summed E-state index contributed by atoms with van der Waals surface area (Å²) < 4.78 is 5.55. The van der Waals surface area contributed by atoms with Gasteiger partial charge < -0.3 is 10.1 Å². The van der Waals surface area contributed by atoms with Crippen molar-refractivity contribution in [3.8, 4) is 0 Å². The zero-order valence-electron chi connectivity index (χ0n) is 10.2. The second-order valence-corrected chi connectivity index (χ2v) is 4.71. The van der Waals surface area contributed by atoms with Crippen LogP contribution in [-0.4, -0.2) is 25.8 Å². The maximum absolute atomic E-state index is 5.55. The van der Waals surface area contributed by atoms with Gasteiger partial charge in [0.05, 0.1) is 6.61 Å². The number of allylic oxidation sites excluding steroid dienone is 1. The van der Waals surface area contributed by atoms with Crippen LogP contribution in [0.25, 0.3) is 0 Å². The lowest BCUT2D eigenvalue weighted by molar-refractivity contribution is 0.124. The van der Waals surface area contributed by atoms with E-state index in [1.807, 2.05) is 0 Å². The summed E-state index contributed by atoms with van der Waals surface area (Å²) in [4.78, 5) is 0. The van der Waals surface area contributed by atoms with E-state index in [-0.39, 0.29) is 0 Å². The second kappa shape index (κ2) is 7.89. The molecule has 0 aliphatic heterocycles. The molecule has 0 bridgehead atoms. The molecule has 0 heterocycles. The first-order chi connectivity index (χ1) is 7.29. The fourth-order valence-corrected chi connectivity index (χ4v) is 1.72. The van der Waals surface area contributed by atoms with E-state index < -0.39 is 0 Å². The summed E-state index contributed by atoms with van der Waals surface area (Å²) in [5.41, 5.74) is 0. The van der Waals surface area contributed by atoms with Crippen molar-refractivity contribution in [1.82, 2.24) is 5.32 Å². The molecule has 0 aromatic carbocycles. The quantitative estimate of drug-likeness (QED) is 0.516. The predicted octanol–water partition coefficient (Wildman–Crippen LogP) is 2.75. The average Bonchev–Trinajstić information content (AvgIpc) is 2.24. The van der Waals surface area contributed by atoms with Crippen molar-refractivity contribution in [2.24, 2.45) is 5.92 Å². The van der Waals surface area contributed by atoms with Crippen molar-refractivity contribution < 1.29 is 4.74 Å². The van der Waals surface area contributed by atoms with Crippen LogP contribution in [0.4, 0.5) is 0 Å². The predicted molar refractivity (Wildman–Crippen MR) is 65.1 cm³/mol. The minimum atomic E-state index is 0.590. The summed E-state index contributed by atoms with van der Waals surface area (Å²) in [6, 6.07) is 0.590. The van der Waals surface area contributed by atoms with Gasteiger partial charge in [0.25, 0.3) is 0 Å². The van der Waals surface area contributed by atoms with E-state index in [0.29, 0.717) is 6.04 Å². The van der Waals surface area contributed by atoms with E-state index in [9.17, 15) is 0 Å². The van der Waals surface area contributed by atoms with Crippen LogP contribution in [0.15, 0.2) is 12.2 Å². The van der Waals surface area contributed by atoms with Gasteiger partial charge in [-0.15, -0.1) is 0 Å². The van der Waals surface area contributed by atoms with Crippen LogP contribution in [0, 0.1) is 5.92 Å². The van der Waals surface area contributed by atoms with Crippen molar-refractivity contribution in [2.75, 3.05) is 19.8 Å². The molecule has 2 heteroatoms. The summed E-state index contributed by atoms with van der Waals surface area (Å²) in [6.07, 6.45) is 9.59. The van der Waals surface area contributed by atoms with Gasteiger partial charge in [-0.05, 0) is 31.6 Å². The van der Waals surface area contributed by atoms with Crippen molar-refractivity contribution in [3.05, 3.63) is 12.2 Å². The van der Waals surface area contributed by atoms with Gasteiger partial charge in [0.2, 0.25) is 0 Å². The first-order valence-corrected chi connectivity index (χ1v) is 6.27. The minimum absolute atomic E-state index is 0.590. The summed E-state index contributed by atoms with van der Waals surface area (Å²) in [7, 11) is 0. The van der Waals surface area contributed by atoms with Gasteiger partial charge in [-0.3, -0.25) is 0 Å². The number of rotatable bonds is 7. The normalized spacial score (nSPS) is 21.1. The van der Waals surface area contributed by atoms with Crippen molar-refractivity contribution in [1.29, 1.82) is 0 Å². The first-order valence-electron chi connectivity index (χ1n) is 6.27. The molecular weight excluding hydrogens is 186 g/mol. The lowest BCUT2D eigenvalue weighted by Crippen LogP contribution is -2.31. The maximum atomic E-state index is 5.55. The largest absolute Gasteiger partial charge is 0.380 e. The molecule has 0 fully saturated rings. The van der Waals surface area contributed by atoms with E-state index in [1.54, 1.807) is 0 Å². The van der Waals surface area contributed by atoms with E-state index in [0.717, 1.165) is 25.7 Å². The summed E-state index contributed by atoms with van der Waals surface area (Å²) in [5.74, 6) is 0.749. The van der Waals surface area contributed by atoms with Gasteiger partial charge in [-0.2, -0.15) is 0 Å². The van der Waals surface area contributed by atoms with E-state index in [2.05, 4.69) is 31.3 Å². The van der Waals surface area contributed by atoms with E-state index in [4.69, 9.17) is 4.74 Å². The van der Waals surface area contributed by atoms with Gasteiger partial charge in [-0.25, -0.2) is 0 Å². The van der Waals surface area contributed by atoms with Crippen LogP contribution in [0.5, 0.6) is 0 Å². The standard InChI is InChI=1S/C13H25NO/c1-12(2)8-10-15-11-9-14-13-6-4-3-5-7-13/h4,6,12-14H,3,5,7-11H2,1-2H3. The maximum Gasteiger partial charge on any atom is 0.0591 e. The molecule has 1 atom stereocenters. The Kier molecular flexibility index (Phi) is 6.69. The molecule has 15 heavy (non-hydrogen) atoms. The molecule has 1 aliphatic rings. The molecule has 1 N–H and O–H groups in total. The van der Waals surface area contributed by atoms with Crippen LogP contribution in [-0.2, 0) is 4.74 Å². The molecular formula is C13H25NO. The Hall–Kier alpha value is -0.340. The van der Waals surface area contributed by atoms with Gasteiger partial charge in [0.1, 0.15) is 0 Å². The van der Waals surface area contributed by atoms with Crippen LogP contribution < -0.4 is 5.32 Å². The van der Waals surface area contributed by atoms with Crippen LogP contribution in [0.2, 0.25) is 0 Å². The highest BCUT2D eigenvalue weighted by atomic mass is 16.5. The molecule has 0 amide bonds. The Labute approximate surface area is 94.1 Å². The summed E-state index contributed by atoms with van der Waals surface area (Å²) in [5, 5.41) is 3.50. The fraction of sp³-hybridized carbons (Fsp3) is 0.846. The zero-order valence-corrected chi connectivity index (χ0v) is 10.2. The van der Waals surface area contributed by atoms with Crippen LogP contribution in [0.1, 0.15) is 39.5 Å². The Balaban J connectivity index is 1.88. The molecule has 0 aromatic rings.